The largest absolute Gasteiger partial charge is 0.573 e. The number of hydrogen-bond acceptors (Lipinski definition) is 3. The third-order valence-corrected chi connectivity index (χ3v) is 3.60. The summed E-state index contributed by atoms with van der Waals surface area (Å²) < 4.78 is 46.9. The number of rotatable bonds is 8. The summed E-state index contributed by atoms with van der Waals surface area (Å²) in [6.45, 7) is 2.83. The maximum atomic E-state index is 12.4. The Labute approximate surface area is 156 Å². The fraction of sp³-hybridized carbons (Fsp3) is 0.316. The molecule has 0 amide bonds. The Morgan fingerprint density at radius 3 is 2.48 bits per heavy atom. The first kappa shape index (κ1) is 20.6. The van der Waals surface area contributed by atoms with Crippen LogP contribution in [0.15, 0.2) is 59.6 Å². The topological polar surface area (TPSA) is 68.9 Å². The monoisotopic (exact) mass is 381 g/mol. The molecule has 5 nitrogen and oxygen atoms in total. The van der Waals surface area contributed by atoms with Crippen molar-refractivity contribution in [3.8, 4) is 5.75 Å². The molecule has 0 spiro atoms. The van der Waals surface area contributed by atoms with Crippen molar-refractivity contribution in [3.05, 3.63) is 60.2 Å². The molecule has 146 valence electrons. The molecular formula is C19H22F3N3O2. The molecule has 27 heavy (non-hydrogen) atoms. The molecule has 0 fully saturated rings. The standard InChI is InChI=1S/C19H22F3N3O2/c1-14(15-8-3-2-4-9-15)26-13-7-12-24-18(23)25-16-10-5-6-11-17(16)27-19(20,21)22/h2-6,8-11,14H,7,12-13H2,1H3,(H3,23,24,25). The number of anilines is 1. The molecule has 0 saturated heterocycles. The number of guanidine groups is 1. The second-order valence-corrected chi connectivity index (χ2v) is 5.71. The first-order valence-electron chi connectivity index (χ1n) is 8.43. The van der Waals surface area contributed by atoms with Crippen LogP contribution in [0.4, 0.5) is 18.9 Å². The third kappa shape index (κ3) is 7.57. The van der Waals surface area contributed by atoms with Crippen LogP contribution in [0.2, 0.25) is 0 Å². The van der Waals surface area contributed by atoms with Crippen LogP contribution >= 0.6 is 0 Å². The lowest BCUT2D eigenvalue weighted by atomic mass is 10.1. The lowest BCUT2D eigenvalue weighted by Crippen LogP contribution is -2.24. The van der Waals surface area contributed by atoms with Gasteiger partial charge in [-0.15, -0.1) is 13.2 Å². The summed E-state index contributed by atoms with van der Waals surface area (Å²) in [5.74, 6) is -0.368. The number of benzene rings is 2. The van der Waals surface area contributed by atoms with Gasteiger partial charge in [0.2, 0.25) is 0 Å². The van der Waals surface area contributed by atoms with E-state index in [9.17, 15) is 13.2 Å². The maximum Gasteiger partial charge on any atom is 0.573 e. The zero-order valence-corrected chi connectivity index (χ0v) is 14.9. The lowest BCUT2D eigenvalue weighted by Gasteiger charge is -2.14. The molecular weight excluding hydrogens is 359 g/mol. The molecule has 1 unspecified atom stereocenters. The van der Waals surface area contributed by atoms with Gasteiger partial charge in [-0.25, -0.2) is 0 Å². The van der Waals surface area contributed by atoms with Crippen molar-refractivity contribution < 1.29 is 22.6 Å². The van der Waals surface area contributed by atoms with Gasteiger partial charge in [0, 0.05) is 13.2 Å². The number of para-hydroxylation sites is 2. The number of ether oxygens (including phenoxy) is 2. The van der Waals surface area contributed by atoms with Crippen molar-refractivity contribution >= 4 is 11.6 Å². The van der Waals surface area contributed by atoms with Gasteiger partial charge in [-0.1, -0.05) is 42.5 Å². The van der Waals surface area contributed by atoms with Gasteiger partial charge in [-0.2, -0.15) is 0 Å². The van der Waals surface area contributed by atoms with Crippen LogP contribution in [0.5, 0.6) is 5.75 Å². The predicted octanol–water partition coefficient (Wildman–Crippen LogP) is 4.48. The summed E-state index contributed by atoms with van der Waals surface area (Å²) in [6.07, 6.45) is -4.19. The minimum absolute atomic E-state index is 0.00401. The maximum absolute atomic E-state index is 12.4. The molecule has 0 aromatic heterocycles. The summed E-state index contributed by atoms with van der Waals surface area (Å²) in [6, 6.07) is 15.5. The van der Waals surface area contributed by atoms with Crippen LogP contribution in [0.3, 0.4) is 0 Å². The van der Waals surface area contributed by atoms with Crippen molar-refractivity contribution in [2.45, 2.75) is 25.8 Å². The van der Waals surface area contributed by atoms with E-state index in [-0.39, 0.29) is 23.5 Å². The number of nitrogens with one attached hydrogen (secondary N) is 1. The molecule has 0 aliphatic heterocycles. The molecule has 8 heteroatoms. The predicted molar refractivity (Wildman–Crippen MR) is 98.7 cm³/mol. The van der Waals surface area contributed by atoms with Gasteiger partial charge in [0.15, 0.2) is 11.7 Å². The molecule has 2 aromatic carbocycles. The van der Waals surface area contributed by atoms with Crippen LogP contribution in [0, 0.1) is 0 Å². The molecule has 0 heterocycles. The van der Waals surface area contributed by atoms with Gasteiger partial charge in [0.05, 0.1) is 11.8 Å². The highest BCUT2D eigenvalue weighted by molar-refractivity contribution is 5.93. The van der Waals surface area contributed by atoms with E-state index in [2.05, 4.69) is 15.0 Å². The lowest BCUT2D eigenvalue weighted by molar-refractivity contribution is -0.274. The van der Waals surface area contributed by atoms with E-state index in [0.717, 1.165) is 5.56 Å². The summed E-state index contributed by atoms with van der Waals surface area (Å²) >= 11 is 0. The fourth-order valence-electron chi connectivity index (χ4n) is 2.31. The van der Waals surface area contributed by atoms with Crippen molar-refractivity contribution in [1.82, 2.24) is 0 Å². The Morgan fingerprint density at radius 1 is 1.11 bits per heavy atom. The normalized spacial score (nSPS) is 13.3. The number of nitrogens with two attached hydrogens (primary N) is 1. The highest BCUT2D eigenvalue weighted by Gasteiger charge is 2.32. The van der Waals surface area contributed by atoms with E-state index in [1.807, 2.05) is 37.3 Å². The zero-order valence-electron chi connectivity index (χ0n) is 14.9. The Balaban J connectivity index is 1.78. The van der Waals surface area contributed by atoms with Gasteiger partial charge < -0.3 is 20.5 Å². The molecule has 0 bridgehead atoms. The fourth-order valence-corrected chi connectivity index (χ4v) is 2.31. The number of nitrogens with zero attached hydrogens (tertiary/aromatic N) is 1. The Morgan fingerprint density at radius 2 is 1.78 bits per heavy atom. The van der Waals surface area contributed by atoms with Crippen molar-refractivity contribution in [3.63, 3.8) is 0 Å². The Hall–Kier alpha value is -2.74. The number of halogens is 3. The van der Waals surface area contributed by atoms with Gasteiger partial charge in [-0.05, 0) is 31.0 Å². The minimum Gasteiger partial charge on any atom is -0.404 e. The van der Waals surface area contributed by atoms with Gasteiger partial charge in [0.25, 0.3) is 0 Å². The van der Waals surface area contributed by atoms with Crippen LogP contribution in [-0.2, 0) is 4.74 Å². The van der Waals surface area contributed by atoms with Crippen molar-refractivity contribution in [2.24, 2.45) is 10.7 Å². The van der Waals surface area contributed by atoms with E-state index in [0.29, 0.717) is 19.6 Å². The molecule has 0 aliphatic carbocycles. The molecule has 1 atom stereocenters. The number of aliphatic imine (C=N–C) groups is 1. The summed E-state index contributed by atoms with van der Waals surface area (Å²) in [5, 5.41) is 2.62. The molecule has 0 aliphatic rings. The highest BCUT2D eigenvalue weighted by Crippen LogP contribution is 2.29. The van der Waals surface area contributed by atoms with E-state index in [1.54, 1.807) is 6.07 Å². The molecule has 2 rings (SSSR count). The average molecular weight is 381 g/mol. The van der Waals surface area contributed by atoms with Crippen molar-refractivity contribution in [2.75, 3.05) is 18.5 Å². The summed E-state index contributed by atoms with van der Waals surface area (Å²) in [7, 11) is 0. The van der Waals surface area contributed by atoms with Gasteiger partial charge >= 0.3 is 6.36 Å². The molecule has 2 aromatic rings. The zero-order chi connectivity index (χ0) is 19.7. The SMILES string of the molecule is CC(OCCCN=C(N)Nc1ccccc1OC(F)(F)F)c1ccccc1. The van der Waals surface area contributed by atoms with E-state index >= 15 is 0 Å². The van der Waals surface area contributed by atoms with Crippen LogP contribution in [0.1, 0.15) is 25.0 Å². The van der Waals surface area contributed by atoms with Crippen LogP contribution in [-0.4, -0.2) is 25.5 Å². The molecule has 0 radical (unpaired) electrons. The number of hydrogen-bond donors (Lipinski definition) is 2. The average Bonchev–Trinajstić information content (AvgIpc) is 2.62. The smallest absolute Gasteiger partial charge is 0.404 e. The first-order valence-corrected chi connectivity index (χ1v) is 8.43. The van der Waals surface area contributed by atoms with Crippen LogP contribution < -0.4 is 15.8 Å². The van der Waals surface area contributed by atoms with Gasteiger partial charge in [-0.3, -0.25) is 4.99 Å². The summed E-state index contributed by atoms with van der Waals surface area (Å²) in [5.41, 5.74) is 6.91. The van der Waals surface area contributed by atoms with Crippen LogP contribution in [0.25, 0.3) is 0 Å². The Bertz CT molecular complexity index is 736. The quantitative estimate of drug-likeness (QED) is 0.402. The van der Waals surface area contributed by atoms with Gasteiger partial charge in [0.1, 0.15) is 0 Å². The van der Waals surface area contributed by atoms with E-state index in [4.69, 9.17) is 10.5 Å². The third-order valence-electron chi connectivity index (χ3n) is 3.60. The second kappa shape index (κ2) is 9.82. The minimum atomic E-state index is -4.78. The first-order chi connectivity index (χ1) is 12.8. The molecule has 0 saturated carbocycles. The Kier molecular flexibility index (Phi) is 7.48. The molecule has 3 N–H and O–H groups in total. The summed E-state index contributed by atoms with van der Waals surface area (Å²) in [4.78, 5) is 4.09. The second-order valence-electron chi connectivity index (χ2n) is 5.71. The highest BCUT2D eigenvalue weighted by atomic mass is 19.4. The van der Waals surface area contributed by atoms with Crippen molar-refractivity contribution in [1.29, 1.82) is 0 Å². The van der Waals surface area contributed by atoms with E-state index in [1.165, 1.54) is 18.2 Å². The van der Waals surface area contributed by atoms with E-state index < -0.39 is 6.36 Å². The number of alkyl halides is 3.